The third-order valence-corrected chi connectivity index (χ3v) is 6.21. The van der Waals surface area contributed by atoms with Crippen LogP contribution in [0.5, 0.6) is 0 Å². The Hall–Kier alpha value is -4.19. The van der Waals surface area contributed by atoms with Gasteiger partial charge in [0.25, 0.3) is 11.8 Å². The van der Waals surface area contributed by atoms with E-state index in [2.05, 4.69) is 14.9 Å². The molecule has 0 fully saturated rings. The van der Waals surface area contributed by atoms with Gasteiger partial charge in [-0.15, -0.1) is 0 Å². The topological polar surface area (TPSA) is 67.2 Å². The summed E-state index contributed by atoms with van der Waals surface area (Å²) in [6, 6.07) is 20.6. The molecule has 2 heterocycles. The molecule has 0 aliphatic carbocycles. The highest BCUT2D eigenvalue weighted by atomic mass is 16.2. The van der Waals surface area contributed by atoms with Crippen molar-refractivity contribution >= 4 is 23.2 Å². The molecule has 0 bridgehead atoms. The van der Waals surface area contributed by atoms with E-state index in [1.165, 1.54) is 0 Å². The quantitative estimate of drug-likeness (QED) is 0.494. The molecule has 6 nitrogen and oxygen atoms in total. The van der Waals surface area contributed by atoms with Crippen molar-refractivity contribution in [1.82, 2.24) is 9.55 Å². The first kappa shape index (κ1) is 20.7. The molecule has 3 aromatic carbocycles. The fraction of sp³-hybridized carbons (Fsp3) is 0.148. The zero-order valence-electron chi connectivity index (χ0n) is 18.6. The Balaban J connectivity index is 1.39. The van der Waals surface area contributed by atoms with Gasteiger partial charge >= 0.3 is 0 Å². The summed E-state index contributed by atoms with van der Waals surface area (Å²) in [6.45, 7) is 5.00. The van der Waals surface area contributed by atoms with Gasteiger partial charge in [0.2, 0.25) is 0 Å². The molecule has 0 saturated heterocycles. The number of hydrogen-bond donors (Lipinski definition) is 1. The number of aryl methyl sites for hydroxylation is 1. The van der Waals surface area contributed by atoms with Crippen molar-refractivity contribution in [3.05, 3.63) is 113 Å². The van der Waals surface area contributed by atoms with Crippen LogP contribution in [-0.4, -0.2) is 21.4 Å². The van der Waals surface area contributed by atoms with E-state index >= 15 is 0 Å². The van der Waals surface area contributed by atoms with Crippen LogP contribution in [0, 0.1) is 13.8 Å². The van der Waals surface area contributed by atoms with E-state index < -0.39 is 0 Å². The fourth-order valence-corrected chi connectivity index (χ4v) is 4.18. The minimum absolute atomic E-state index is 0.105. The van der Waals surface area contributed by atoms with E-state index in [0.717, 1.165) is 28.2 Å². The molecule has 0 saturated carbocycles. The van der Waals surface area contributed by atoms with Gasteiger partial charge in [-0.25, -0.2) is 4.98 Å². The van der Waals surface area contributed by atoms with Crippen LogP contribution in [0.3, 0.4) is 0 Å². The second-order valence-corrected chi connectivity index (χ2v) is 8.27. The SMILES string of the molecule is Cc1cccc(C(=O)Nc2ccc(C(=O)N3Cc4nccn4Cc4ccccc43)cc2)c1C. The van der Waals surface area contributed by atoms with E-state index in [-0.39, 0.29) is 11.8 Å². The highest BCUT2D eigenvalue weighted by Gasteiger charge is 2.25. The number of nitrogens with one attached hydrogen (secondary N) is 1. The summed E-state index contributed by atoms with van der Waals surface area (Å²) < 4.78 is 2.07. The fourth-order valence-electron chi connectivity index (χ4n) is 4.18. The number of nitrogens with zero attached hydrogens (tertiary/aromatic N) is 3. The molecule has 0 atom stereocenters. The number of para-hydroxylation sites is 1. The largest absolute Gasteiger partial charge is 0.329 e. The standard InChI is InChI=1S/C27H24N4O2/c1-18-6-5-8-23(19(18)2)26(32)29-22-12-10-20(11-13-22)27(33)31-17-25-28-14-15-30(25)16-21-7-3-4-9-24(21)31/h3-15H,16-17H2,1-2H3,(H,29,32). The Morgan fingerprint density at radius 3 is 2.52 bits per heavy atom. The summed E-state index contributed by atoms with van der Waals surface area (Å²) in [7, 11) is 0. The van der Waals surface area contributed by atoms with Crippen molar-refractivity contribution in [3.63, 3.8) is 0 Å². The number of imidazole rings is 1. The molecule has 5 rings (SSSR count). The molecule has 33 heavy (non-hydrogen) atoms. The van der Waals surface area contributed by atoms with Crippen LogP contribution >= 0.6 is 0 Å². The van der Waals surface area contributed by atoms with Crippen molar-refractivity contribution in [2.45, 2.75) is 26.9 Å². The molecule has 1 aliphatic rings. The number of benzene rings is 3. The highest BCUT2D eigenvalue weighted by molar-refractivity contribution is 6.08. The van der Waals surface area contributed by atoms with Crippen LogP contribution in [0.1, 0.15) is 43.2 Å². The van der Waals surface area contributed by atoms with Crippen molar-refractivity contribution in [2.75, 3.05) is 10.2 Å². The predicted molar refractivity (Wildman–Crippen MR) is 129 cm³/mol. The lowest BCUT2D eigenvalue weighted by molar-refractivity contribution is 0.0983. The van der Waals surface area contributed by atoms with E-state index in [1.54, 1.807) is 35.4 Å². The van der Waals surface area contributed by atoms with Gasteiger partial charge in [-0.2, -0.15) is 0 Å². The van der Waals surface area contributed by atoms with Crippen LogP contribution in [0.15, 0.2) is 79.1 Å². The number of anilines is 2. The molecule has 0 unspecified atom stereocenters. The third-order valence-electron chi connectivity index (χ3n) is 6.21. The number of amides is 2. The molecular weight excluding hydrogens is 412 g/mol. The van der Waals surface area contributed by atoms with Crippen molar-refractivity contribution in [2.24, 2.45) is 0 Å². The molecule has 1 aromatic heterocycles. The van der Waals surface area contributed by atoms with E-state index in [1.807, 2.05) is 62.5 Å². The summed E-state index contributed by atoms with van der Waals surface area (Å²) >= 11 is 0. The molecule has 1 N–H and O–H groups in total. The molecule has 6 heteroatoms. The maximum Gasteiger partial charge on any atom is 0.258 e. The number of hydrogen-bond acceptors (Lipinski definition) is 3. The smallest absolute Gasteiger partial charge is 0.258 e. The van der Waals surface area contributed by atoms with Crippen LogP contribution < -0.4 is 10.2 Å². The number of carbonyl (C=O) groups excluding carboxylic acids is 2. The van der Waals surface area contributed by atoms with E-state index in [0.29, 0.717) is 29.9 Å². The lowest BCUT2D eigenvalue weighted by atomic mass is 10.0. The maximum atomic E-state index is 13.5. The summed E-state index contributed by atoms with van der Waals surface area (Å²) in [5, 5.41) is 2.93. The zero-order chi connectivity index (χ0) is 22.9. The average Bonchev–Trinajstić information content (AvgIpc) is 3.20. The predicted octanol–water partition coefficient (Wildman–Crippen LogP) is 4.96. The van der Waals surface area contributed by atoms with E-state index in [9.17, 15) is 9.59 Å². The molecule has 0 spiro atoms. The van der Waals surface area contributed by atoms with Gasteiger partial charge in [0.05, 0.1) is 13.1 Å². The minimum Gasteiger partial charge on any atom is -0.329 e. The van der Waals surface area contributed by atoms with Crippen LogP contribution in [0.2, 0.25) is 0 Å². The maximum absolute atomic E-state index is 13.5. The number of aromatic nitrogens is 2. The van der Waals surface area contributed by atoms with E-state index in [4.69, 9.17) is 0 Å². The molecule has 164 valence electrons. The Kier molecular flexibility index (Phi) is 5.26. The Morgan fingerprint density at radius 1 is 0.909 bits per heavy atom. The van der Waals surface area contributed by atoms with Crippen LogP contribution in [0.25, 0.3) is 0 Å². The monoisotopic (exact) mass is 436 g/mol. The van der Waals surface area contributed by atoms with Crippen molar-refractivity contribution < 1.29 is 9.59 Å². The Morgan fingerprint density at radius 2 is 1.70 bits per heavy atom. The summed E-state index contributed by atoms with van der Waals surface area (Å²) in [5.74, 6) is 0.576. The van der Waals surface area contributed by atoms with Crippen LogP contribution in [-0.2, 0) is 13.1 Å². The van der Waals surface area contributed by atoms with Gasteiger partial charge in [-0.05, 0) is 66.9 Å². The van der Waals surface area contributed by atoms with Gasteiger partial charge in [-0.1, -0.05) is 30.3 Å². The summed E-state index contributed by atoms with van der Waals surface area (Å²) in [6.07, 6.45) is 3.70. The third kappa shape index (κ3) is 3.91. The first-order valence-electron chi connectivity index (χ1n) is 10.9. The van der Waals surface area contributed by atoms with Crippen molar-refractivity contribution in [1.29, 1.82) is 0 Å². The normalized spacial score (nSPS) is 12.5. The second-order valence-electron chi connectivity index (χ2n) is 8.27. The number of carbonyl (C=O) groups is 2. The number of fused-ring (bicyclic) bond motifs is 2. The lowest BCUT2D eigenvalue weighted by Crippen LogP contribution is -2.30. The van der Waals surface area contributed by atoms with Gasteiger partial charge < -0.3 is 14.8 Å². The molecule has 1 aliphatic heterocycles. The number of rotatable bonds is 3. The van der Waals surface area contributed by atoms with Gasteiger partial charge in [0, 0.05) is 34.9 Å². The Labute approximate surface area is 192 Å². The summed E-state index contributed by atoms with van der Waals surface area (Å²) in [5.41, 5.74) is 5.83. The molecular formula is C27H24N4O2. The summed E-state index contributed by atoms with van der Waals surface area (Å²) in [4.78, 5) is 32.4. The average molecular weight is 437 g/mol. The highest BCUT2D eigenvalue weighted by Crippen LogP contribution is 2.28. The second kappa shape index (κ2) is 8.39. The first-order chi connectivity index (χ1) is 16.0. The molecule has 4 aromatic rings. The van der Waals surface area contributed by atoms with Crippen LogP contribution in [0.4, 0.5) is 11.4 Å². The lowest BCUT2D eigenvalue weighted by Gasteiger charge is -2.22. The minimum atomic E-state index is -0.163. The van der Waals surface area contributed by atoms with Gasteiger partial charge in [0.15, 0.2) is 0 Å². The van der Waals surface area contributed by atoms with Crippen molar-refractivity contribution in [3.8, 4) is 0 Å². The Bertz CT molecular complexity index is 1350. The molecule has 0 radical (unpaired) electrons. The first-order valence-corrected chi connectivity index (χ1v) is 10.9. The molecule has 2 amide bonds. The van der Waals surface area contributed by atoms with Gasteiger partial charge in [0.1, 0.15) is 5.82 Å². The van der Waals surface area contributed by atoms with Gasteiger partial charge in [-0.3, -0.25) is 9.59 Å². The zero-order valence-corrected chi connectivity index (χ0v) is 18.6.